The lowest BCUT2D eigenvalue weighted by Gasteiger charge is -2.15. The van der Waals surface area contributed by atoms with Crippen LogP contribution in [0.3, 0.4) is 0 Å². The molecule has 0 saturated heterocycles. The Morgan fingerprint density at radius 1 is 1.29 bits per heavy atom. The lowest BCUT2D eigenvalue weighted by Crippen LogP contribution is -2.07. The number of rotatable bonds is 3. The Labute approximate surface area is 111 Å². The van der Waals surface area contributed by atoms with E-state index in [1.165, 1.54) is 9.75 Å². The van der Waals surface area contributed by atoms with Gasteiger partial charge in [-0.15, -0.1) is 22.7 Å². The maximum atomic E-state index is 4.63. The summed E-state index contributed by atoms with van der Waals surface area (Å²) in [6.45, 7) is 7.58. The van der Waals surface area contributed by atoms with Crippen molar-refractivity contribution in [2.45, 2.75) is 32.7 Å². The summed E-state index contributed by atoms with van der Waals surface area (Å²) in [6, 6.07) is 4.41. The fourth-order valence-electron chi connectivity index (χ4n) is 1.54. The van der Waals surface area contributed by atoms with Crippen LogP contribution in [0, 0.1) is 0 Å². The molecule has 0 saturated carbocycles. The van der Waals surface area contributed by atoms with Crippen LogP contribution in [0.2, 0.25) is 0 Å². The Morgan fingerprint density at radius 3 is 2.65 bits per heavy atom. The van der Waals surface area contributed by atoms with Gasteiger partial charge in [0, 0.05) is 16.8 Å². The first-order chi connectivity index (χ1) is 8.00. The van der Waals surface area contributed by atoms with E-state index in [9.17, 15) is 0 Å². The van der Waals surface area contributed by atoms with E-state index in [1.54, 1.807) is 11.3 Å². The van der Waals surface area contributed by atoms with Crippen LogP contribution in [0.4, 0.5) is 0 Å². The average Bonchev–Trinajstić information content (AvgIpc) is 2.82. The van der Waals surface area contributed by atoms with Crippen LogP contribution in [-0.2, 0) is 12.0 Å². The number of thiazole rings is 1. The summed E-state index contributed by atoms with van der Waals surface area (Å²) >= 11 is 3.58. The van der Waals surface area contributed by atoms with E-state index in [0.29, 0.717) is 0 Å². The van der Waals surface area contributed by atoms with Gasteiger partial charge in [-0.3, -0.25) is 0 Å². The van der Waals surface area contributed by atoms with E-state index in [-0.39, 0.29) is 5.41 Å². The Balaban J connectivity index is 2.24. The van der Waals surface area contributed by atoms with Gasteiger partial charge in [0.05, 0.1) is 10.6 Å². The minimum atomic E-state index is 0.230. The molecule has 0 spiro atoms. The van der Waals surface area contributed by atoms with E-state index >= 15 is 0 Å². The van der Waals surface area contributed by atoms with Gasteiger partial charge in [-0.1, -0.05) is 20.8 Å². The molecule has 4 heteroatoms. The molecule has 17 heavy (non-hydrogen) atoms. The molecule has 2 rings (SSSR count). The molecule has 1 N–H and O–H groups in total. The minimum absolute atomic E-state index is 0.230. The number of nitrogens with one attached hydrogen (secondary N) is 1. The zero-order chi connectivity index (χ0) is 12.5. The lowest BCUT2D eigenvalue weighted by molar-refractivity contribution is 0.604. The van der Waals surface area contributed by atoms with Crippen molar-refractivity contribution in [3.63, 3.8) is 0 Å². The van der Waals surface area contributed by atoms with Gasteiger partial charge in [-0.2, -0.15) is 0 Å². The predicted molar refractivity (Wildman–Crippen MR) is 76.9 cm³/mol. The van der Waals surface area contributed by atoms with Gasteiger partial charge in [0.25, 0.3) is 0 Å². The number of thiophene rings is 1. The molecule has 0 aliphatic carbocycles. The van der Waals surface area contributed by atoms with Gasteiger partial charge in [-0.25, -0.2) is 4.98 Å². The van der Waals surface area contributed by atoms with E-state index in [0.717, 1.165) is 17.2 Å². The van der Waals surface area contributed by atoms with Crippen molar-refractivity contribution >= 4 is 22.7 Å². The van der Waals surface area contributed by atoms with Crippen LogP contribution in [0.25, 0.3) is 9.88 Å². The molecule has 0 aliphatic rings. The fourth-order valence-corrected chi connectivity index (χ4v) is 3.49. The van der Waals surface area contributed by atoms with Crippen molar-refractivity contribution in [1.29, 1.82) is 0 Å². The number of nitrogens with zero attached hydrogens (tertiary/aromatic N) is 1. The highest BCUT2D eigenvalue weighted by Crippen LogP contribution is 2.36. The first-order valence-corrected chi connectivity index (χ1v) is 7.40. The first-order valence-electron chi connectivity index (χ1n) is 5.70. The van der Waals surface area contributed by atoms with Gasteiger partial charge >= 0.3 is 0 Å². The number of hydrogen-bond acceptors (Lipinski definition) is 4. The number of hydrogen-bond donors (Lipinski definition) is 1. The van der Waals surface area contributed by atoms with Crippen LogP contribution in [0.1, 0.15) is 31.3 Å². The van der Waals surface area contributed by atoms with Gasteiger partial charge in [0.2, 0.25) is 0 Å². The van der Waals surface area contributed by atoms with Gasteiger partial charge in [-0.05, 0) is 24.6 Å². The molecular weight excluding hydrogens is 248 g/mol. The van der Waals surface area contributed by atoms with Crippen LogP contribution in [0.15, 0.2) is 17.5 Å². The van der Waals surface area contributed by atoms with Crippen molar-refractivity contribution in [3.8, 4) is 9.88 Å². The van der Waals surface area contributed by atoms with E-state index < -0.39 is 0 Å². The molecule has 0 unspecified atom stereocenters. The second-order valence-electron chi connectivity index (χ2n) is 5.09. The topological polar surface area (TPSA) is 24.9 Å². The van der Waals surface area contributed by atoms with Crippen molar-refractivity contribution < 1.29 is 0 Å². The van der Waals surface area contributed by atoms with Crippen LogP contribution in [-0.4, -0.2) is 12.0 Å². The zero-order valence-electron chi connectivity index (χ0n) is 10.7. The molecule has 92 valence electrons. The molecule has 2 heterocycles. The third kappa shape index (κ3) is 2.94. The summed E-state index contributed by atoms with van der Waals surface area (Å²) in [4.78, 5) is 7.33. The molecule has 0 radical (unpaired) electrons. The monoisotopic (exact) mass is 266 g/mol. The predicted octanol–water partition coefficient (Wildman–Crippen LogP) is 3.89. The van der Waals surface area contributed by atoms with E-state index in [4.69, 9.17) is 0 Å². The molecule has 0 aliphatic heterocycles. The molecule has 0 bridgehead atoms. The third-order valence-corrected chi connectivity index (χ3v) is 5.04. The molecular formula is C13H18N2S2. The summed E-state index contributed by atoms with van der Waals surface area (Å²) in [7, 11) is 1.95. The van der Waals surface area contributed by atoms with Crippen LogP contribution < -0.4 is 5.32 Å². The maximum absolute atomic E-state index is 4.63. The highest BCUT2D eigenvalue weighted by atomic mass is 32.1. The summed E-state index contributed by atoms with van der Waals surface area (Å²) in [5.41, 5.74) is 1.35. The Morgan fingerprint density at radius 2 is 2.06 bits per heavy atom. The Bertz CT molecular complexity index is 491. The SMILES string of the molecule is CNCc1csc(-c2ccc(C(C)(C)C)s2)n1. The quantitative estimate of drug-likeness (QED) is 0.911. The summed E-state index contributed by atoms with van der Waals surface area (Å²) < 4.78 is 0. The smallest absolute Gasteiger partial charge is 0.133 e. The normalized spacial score (nSPS) is 12.0. The molecule has 0 fully saturated rings. The molecule has 2 nitrogen and oxygen atoms in total. The zero-order valence-corrected chi connectivity index (χ0v) is 12.3. The van der Waals surface area contributed by atoms with Gasteiger partial charge in [0.15, 0.2) is 0 Å². The van der Waals surface area contributed by atoms with E-state index in [1.807, 2.05) is 18.4 Å². The average molecular weight is 266 g/mol. The second-order valence-corrected chi connectivity index (χ2v) is 7.03. The second kappa shape index (κ2) is 4.88. The molecule has 0 amide bonds. The molecule has 2 aromatic rings. The summed E-state index contributed by atoms with van der Waals surface area (Å²) in [5, 5.41) is 6.39. The molecule has 2 aromatic heterocycles. The largest absolute Gasteiger partial charge is 0.314 e. The van der Waals surface area contributed by atoms with E-state index in [2.05, 4.69) is 48.6 Å². The van der Waals surface area contributed by atoms with Crippen molar-refractivity contribution in [2.24, 2.45) is 0 Å². The highest BCUT2D eigenvalue weighted by Gasteiger charge is 2.17. The summed E-state index contributed by atoms with van der Waals surface area (Å²) in [6.07, 6.45) is 0. The first kappa shape index (κ1) is 12.7. The lowest BCUT2D eigenvalue weighted by atomic mass is 9.95. The van der Waals surface area contributed by atoms with Gasteiger partial charge in [0.1, 0.15) is 5.01 Å². The standard InChI is InChI=1S/C13H18N2S2/c1-13(2,3)11-6-5-10(17-11)12-15-9(7-14-4)8-16-12/h5-6,8,14H,7H2,1-4H3. The minimum Gasteiger partial charge on any atom is -0.314 e. The fraction of sp³-hybridized carbons (Fsp3) is 0.462. The molecule has 0 atom stereocenters. The Kier molecular flexibility index (Phi) is 3.66. The maximum Gasteiger partial charge on any atom is 0.133 e. The third-order valence-electron chi connectivity index (χ3n) is 2.47. The number of aromatic nitrogens is 1. The summed E-state index contributed by atoms with van der Waals surface area (Å²) in [5.74, 6) is 0. The van der Waals surface area contributed by atoms with Crippen molar-refractivity contribution in [2.75, 3.05) is 7.05 Å². The van der Waals surface area contributed by atoms with Crippen LogP contribution >= 0.6 is 22.7 Å². The van der Waals surface area contributed by atoms with Gasteiger partial charge < -0.3 is 5.32 Å². The van der Waals surface area contributed by atoms with Crippen molar-refractivity contribution in [1.82, 2.24) is 10.3 Å². The Hall–Kier alpha value is -0.710. The molecule has 0 aromatic carbocycles. The van der Waals surface area contributed by atoms with Crippen LogP contribution in [0.5, 0.6) is 0 Å². The van der Waals surface area contributed by atoms with Crippen molar-refractivity contribution in [3.05, 3.63) is 28.1 Å². The highest BCUT2D eigenvalue weighted by molar-refractivity contribution is 7.21.